The predicted molar refractivity (Wildman–Crippen MR) is 133 cm³/mol. The van der Waals surface area contributed by atoms with Gasteiger partial charge in [0.25, 0.3) is 15.9 Å². The zero-order valence-electron chi connectivity index (χ0n) is 18.7. The first kappa shape index (κ1) is 24.6. The number of benzene rings is 1. The van der Waals surface area contributed by atoms with Crippen LogP contribution in [0.4, 0.5) is 0 Å². The Morgan fingerprint density at radius 1 is 1.24 bits per heavy atom. The third-order valence-electron chi connectivity index (χ3n) is 5.69. The van der Waals surface area contributed by atoms with Crippen molar-refractivity contribution in [3.05, 3.63) is 44.5 Å². The third-order valence-corrected chi connectivity index (χ3v) is 10.5. The summed E-state index contributed by atoms with van der Waals surface area (Å²) in [7, 11) is -2.19. The summed E-state index contributed by atoms with van der Waals surface area (Å²) >= 11 is 8.42. The molecule has 33 heavy (non-hydrogen) atoms. The Balaban J connectivity index is 1.76. The van der Waals surface area contributed by atoms with Crippen LogP contribution < -0.4 is 4.80 Å². The molecule has 3 heterocycles. The maximum atomic E-state index is 13.4. The van der Waals surface area contributed by atoms with Gasteiger partial charge in [-0.25, -0.2) is 8.42 Å². The van der Waals surface area contributed by atoms with Gasteiger partial charge in [-0.3, -0.25) is 4.79 Å². The number of thiazole rings is 1. The lowest BCUT2D eigenvalue weighted by Crippen LogP contribution is -2.47. The van der Waals surface area contributed by atoms with Crippen LogP contribution in [0.15, 0.2) is 33.5 Å². The first-order valence-electron chi connectivity index (χ1n) is 10.7. The standard InChI is InChI=1S/C22H26ClN3O4S3/c1-14-12-15(2)20-17(13-14)25(10-11-30-3)22(32-20)24-21(27)16-6-4-5-9-26(16)33(28,29)19-8-7-18(23)31-19/h7-8,12-13,16H,4-6,9-11H2,1-3H3. The van der Waals surface area contributed by atoms with Gasteiger partial charge in [0.05, 0.1) is 21.2 Å². The van der Waals surface area contributed by atoms with Crippen molar-refractivity contribution in [2.24, 2.45) is 4.99 Å². The van der Waals surface area contributed by atoms with Gasteiger partial charge in [0.15, 0.2) is 4.80 Å². The zero-order chi connectivity index (χ0) is 23.8. The highest BCUT2D eigenvalue weighted by Gasteiger charge is 2.38. The fourth-order valence-corrected chi connectivity index (χ4v) is 8.53. The van der Waals surface area contributed by atoms with E-state index >= 15 is 0 Å². The van der Waals surface area contributed by atoms with Crippen molar-refractivity contribution in [2.75, 3.05) is 20.3 Å². The molecule has 3 aromatic rings. The Hall–Kier alpha value is -1.56. The summed E-state index contributed by atoms with van der Waals surface area (Å²) in [6.45, 7) is 5.39. The lowest BCUT2D eigenvalue weighted by atomic mass is 10.0. The molecule has 178 valence electrons. The average molecular weight is 528 g/mol. The van der Waals surface area contributed by atoms with Crippen molar-refractivity contribution < 1.29 is 17.9 Å². The minimum absolute atomic E-state index is 0.148. The minimum atomic E-state index is -3.83. The monoisotopic (exact) mass is 527 g/mol. The molecule has 1 amide bonds. The Kier molecular flexibility index (Phi) is 7.42. The molecular formula is C22H26ClN3O4S3. The quantitative estimate of drug-likeness (QED) is 0.477. The summed E-state index contributed by atoms with van der Waals surface area (Å²) in [5.41, 5.74) is 3.25. The molecule has 0 spiro atoms. The van der Waals surface area contributed by atoms with E-state index in [-0.39, 0.29) is 10.8 Å². The van der Waals surface area contributed by atoms with Crippen LogP contribution in [0, 0.1) is 13.8 Å². The first-order chi connectivity index (χ1) is 15.7. The summed E-state index contributed by atoms with van der Waals surface area (Å²) in [6, 6.07) is 6.41. The minimum Gasteiger partial charge on any atom is -0.383 e. The fraction of sp³-hybridized carbons (Fsp3) is 0.455. The van der Waals surface area contributed by atoms with E-state index in [4.69, 9.17) is 16.3 Å². The second-order valence-electron chi connectivity index (χ2n) is 8.10. The number of piperidine rings is 1. The second-order valence-corrected chi connectivity index (χ2v) is 12.9. The van der Waals surface area contributed by atoms with Gasteiger partial charge in [0, 0.05) is 20.2 Å². The Morgan fingerprint density at radius 3 is 2.73 bits per heavy atom. The van der Waals surface area contributed by atoms with Crippen LogP contribution in [-0.2, 0) is 26.1 Å². The van der Waals surface area contributed by atoms with Crippen LogP contribution in [0.3, 0.4) is 0 Å². The number of nitrogens with zero attached hydrogens (tertiary/aromatic N) is 3. The lowest BCUT2D eigenvalue weighted by molar-refractivity contribution is -0.122. The smallest absolute Gasteiger partial charge is 0.266 e. The number of thiophene rings is 1. The molecule has 0 bridgehead atoms. The highest BCUT2D eigenvalue weighted by atomic mass is 35.5. The van der Waals surface area contributed by atoms with E-state index in [1.54, 1.807) is 13.2 Å². The van der Waals surface area contributed by atoms with Crippen LogP contribution >= 0.6 is 34.3 Å². The molecule has 1 saturated heterocycles. The molecule has 0 radical (unpaired) electrons. The number of carbonyl (C=O) groups excluding carboxylic acids is 1. The number of methoxy groups -OCH3 is 1. The van der Waals surface area contributed by atoms with E-state index in [2.05, 4.69) is 17.1 Å². The van der Waals surface area contributed by atoms with E-state index in [1.165, 1.54) is 21.7 Å². The van der Waals surface area contributed by atoms with Gasteiger partial charge in [-0.1, -0.05) is 35.4 Å². The second kappa shape index (κ2) is 9.97. The van der Waals surface area contributed by atoms with Gasteiger partial charge in [-0.15, -0.1) is 11.3 Å². The van der Waals surface area contributed by atoms with E-state index in [0.717, 1.165) is 39.1 Å². The number of carbonyl (C=O) groups is 1. The van der Waals surface area contributed by atoms with Crippen LogP contribution in [0.1, 0.15) is 30.4 Å². The molecule has 1 aromatic carbocycles. The number of hydrogen-bond acceptors (Lipinski definition) is 6. The van der Waals surface area contributed by atoms with E-state index in [1.807, 2.05) is 18.4 Å². The van der Waals surface area contributed by atoms with Crippen LogP contribution in [0.25, 0.3) is 10.2 Å². The van der Waals surface area contributed by atoms with Crippen LogP contribution in [0.5, 0.6) is 0 Å². The molecule has 11 heteroatoms. The van der Waals surface area contributed by atoms with Crippen molar-refractivity contribution in [1.29, 1.82) is 0 Å². The number of amides is 1. The van der Waals surface area contributed by atoms with Crippen LogP contribution in [0.2, 0.25) is 4.34 Å². The van der Waals surface area contributed by atoms with Crippen molar-refractivity contribution in [1.82, 2.24) is 8.87 Å². The number of aryl methyl sites for hydroxylation is 2. The van der Waals surface area contributed by atoms with Crippen LogP contribution in [-0.4, -0.2) is 49.5 Å². The lowest BCUT2D eigenvalue weighted by Gasteiger charge is -2.31. The van der Waals surface area contributed by atoms with Crippen molar-refractivity contribution in [2.45, 2.75) is 49.9 Å². The topological polar surface area (TPSA) is 81.0 Å². The number of aromatic nitrogens is 1. The normalized spacial score (nSPS) is 18.3. The summed E-state index contributed by atoms with van der Waals surface area (Å²) in [5, 5.41) is 0. The SMILES string of the molecule is COCCn1c(=NC(=O)C2CCCCN2S(=O)(=O)c2ccc(Cl)s2)sc2c(C)cc(C)cc21. The Morgan fingerprint density at radius 2 is 2.03 bits per heavy atom. The van der Waals surface area contributed by atoms with Gasteiger partial charge >= 0.3 is 0 Å². The molecule has 1 fully saturated rings. The molecule has 1 aliphatic heterocycles. The zero-order valence-corrected chi connectivity index (χ0v) is 21.9. The molecule has 0 N–H and O–H groups in total. The number of rotatable bonds is 6. The molecule has 1 atom stereocenters. The number of halogens is 1. The predicted octanol–water partition coefficient (Wildman–Crippen LogP) is 4.35. The van der Waals surface area contributed by atoms with E-state index in [9.17, 15) is 13.2 Å². The van der Waals surface area contributed by atoms with Gasteiger partial charge < -0.3 is 9.30 Å². The van der Waals surface area contributed by atoms with Crippen molar-refractivity contribution >= 4 is 60.4 Å². The summed E-state index contributed by atoms with van der Waals surface area (Å²) in [5.74, 6) is -0.437. The first-order valence-corrected chi connectivity index (χ1v) is 14.1. The van der Waals surface area contributed by atoms with Gasteiger partial charge in [0.1, 0.15) is 10.3 Å². The highest BCUT2D eigenvalue weighted by molar-refractivity contribution is 7.91. The van der Waals surface area contributed by atoms with Gasteiger partial charge in [-0.2, -0.15) is 9.30 Å². The largest absolute Gasteiger partial charge is 0.383 e. The maximum absolute atomic E-state index is 13.4. The summed E-state index contributed by atoms with van der Waals surface area (Å²) in [4.78, 5) is 18.4. The number of sulfonamides is 1. The van der Waals surface area contributed by atoms with Crippen molar-refractivity contribution in [3.8, 4) is 0 Å². The molecular weight excluding hydrogens is 502 g/mol. The Bertz CT molecular complexity index is 1360. The third kappa shape index (κ3) is 4.96. The van der Waals surface area contributed by atoms with E-state index < -0.39 is 22.0 Å². The Labute approximate surface area is 206 Å². The number of ether oxygens (including phenoxy) is 1. The summed E-state index contributed by atoms with van der Waals surface area (Å²) < 4.78 is 36.7. The molecule has 1 unspecified atom stereocenters. The highest BCUT2D eigenvalue weighted by Crippen LogP contribution is 2.32. The van der Waals surface area contributed by atoms with Crippen molar-refractivity contribution in [3.63, 3.8) is 0 Å². The molecule has 0 aliphatic carbocycles. The molecule has 4 rings (SSSR count). The molecule has 2 aromatic heterocycles. The molecule has 1 aliphatic rings. The molecule has 0 saturated carbocycles. The fourth-order valence-electron chi connectivity index (χ4n) is 4.16. The number of fused-ring (bicyclic) bond motifs is 1. The van der Waals surface area contributed by atoms with Gasteiger partial charge in [-0.05, 0) is 56.0 Å². The summed E-state index contributed by atoms with van der Waals surface area (Å²) in [6.07, 6.45) is 1.93. The van der Waals surface area contributed by atoms with Gasteiger partial charge in [0.2, 0.25) is 0 Å². The molecule has 7 nitrogen and oxygen atoms in total. The average Bonchev–Trinajstić information content (AvgIpc) is 3.36. The van der Waals surface area contributed by atoms with E-state index in [0.29, 0.717) is 35.1 Å². The number of hydrogen-bond donors (Lipinski definition) is 0. The maximum Gasteiger partial charge on any atom is 0.266 e.